The molecule has 2 rings (SSSR count). The van der Waals surface area contributed by atoms with Crippen LogP contribution in [0.25, 0.3) is 0 Å². The van der Waals surface area contributed by atoms with Gasteiger partial charge < -0.3 is 9.47 Å². The standard InChI is InChI=1S/C15H20F4O2Si/c1-22(2,3)15-13(18)11(16)9(12(17)14(15)19)8-21-10-6-4-5-7-20-10/h10H,4-8H2,1-3H3. The summed E-state index contributed by atoms with van der Waals surface area (Å²) in [6.07, 6.45) is 1.79. The van der Waals surface area contributed by atoms with Crippen molar-refractivity contribution in [1.29, 1.82) is 0 Å². The van der Waals surface area contributed by atoms with E-state index in [0.29, 0.717) is 13.0 Å². The molecule has 0 saturated carbocycles. The summed E-state index contributed by atoms with van der Waals surface area (Å²) in [4.78, 5) is 0. The summed E-state index contributed by atoms with van der Waals surface area (Å²) in [5.41, 5.74) is -0.717. The van der Waals surface area contributed by atoms with Gasteiger partial charge in [-0.1, -0.05) is 19.6 Å². The Morgan fingerprint density at radius 2 is 1.59 bits per heavy atom. The van der Waals surface area contributed by atoms with Gasteiger partial charge in [-0.05, 0) is 19.3 Å². The summed E-state index contributed by atoms with van der Waals surface area (Å²) in [6.45, 7) is 4.83. The van der Waals surface area contributed by atoms with Gasteiger partial charge in [-0.15, -0.1) is 0 Å². The number of ether oxygens (including phenoxy) is 2. The van der Waals surface area contributed by atoms with Crippen LogP contribution in [0.3, 0.4) is 0 Å². The Balaban J connectivity index is 2.29. The molecule has 7 heteroatoms. The van der Waals surface area contributed by atoms with Crippen LogP contribution in [0.15, 0.2) is 0 Å². The SMILES string of the molecule is C[Si](C)(C)c1c(F)c(F)c(COC2CCCCO2)c(F)c1F. The van der Waals surface area contributed by atoms with Gasteiger partial charge >= 0.3 is 0 Å². The summed E-state index contributed by atoms with van der Waals surface area (Å²) in [6, 6.07) is 0. The zero-order chi connectivity index (χ0) is 16.5. The molecule has 1 saturated heterocycles. The molecule has 0 radical (unpaired) electrons. The molecule has 0 aliphatic carbocycles. The second-order valence-corrected chi connectivity index (χ2v) is 11.5. The maximum absolute atomic E-state index is 14.1. The van der Waals surface area contributed by atoms with Crippen molar-refractivity contribution in [3.05, 3.63) is 28.8 Å². The lowest BCUT2D eigenvalue weighted by atomic mass is 10.2. The minimum absolute atomic E-state index is 0.458. The number of hydrogen-bond donors (Lipinski definition) is 0. The van der Waals surface area contributed by atoms with Crippen LogP contribution in [0, 0.1) is 23.3 Å². The van der Waals surface area contributed by atoms with E-state index in [0.717, 1.165) is 12.8 Å². The van der Waals surface area contributed by atoms with Crippen LogP contribution in [0.2, 0.25) is 19.6 Å². The van der Waals surface area contributed by atoms with Crippen LogP contribution in [0.1, 0.15) is 24.8 Å². The first kappa shape index (κ1) is 17.4. The zero-order valence-corrected chi connectivity index (χ0v) is 13.9. The molecule has 1 fully saturated rings. The Kier molecular flexibility index (Phi) is 5.29. The van der Waals surface area contributed by atoms with E-state index in [2.05, 4.69) is 0 Å². The summed E-state index contributed by atoms with van der Waals surface area (Å²) in [7, 11) is -2.56. The molecule has 124 valence electrons. The average Bonchev–Trinajstić information content (AvgIpc) is 2.45. The van der Waals surface area contributed by atoms with Crippen molar-refractivity contribution in [3.8, 4) is 0 Å². The van der Waals surface area contributed by atoms with Crippen molar-refractivity contribution < 1.29 is 27.0 Å². The van der Waals surface area contributed by atoms with E-state index in [1.807, 2.05) is 0 Å². The maximum Gasteiger partial charge on any atom is 0.167 e. The monoisotopic (exact) mass is 336 g/mol. The summed E-state index contributed by atoms with van der Waals surface area (Å²) < 4.78 is 67.0. The highest BCUT2D eigenvalue weighted by Gasteiger charge is 2.33. The van der Waals surface area contributed by atoms with Gasteiger partial charge in [-0.2, -0.15) is 0 Å². The summed E-state index contributed by atoms with van der Waals surface area (Å²) in [5, 5.41) is -0.458. The largest absolute Gasteiger partial charge is 0.353 e. The Bertz CT molecular complexity index is 522. The van der Waals surface area contributed by atoms with Crippen LogP contribution in [0.5, 0.6) is 0 Å². The average molecular weight is 336 g/mol. The third-order valence-corrected chi connectivity index (χ3v) is 5.59. The molecular formula is C15H20F4O2Si. The topological polar surface area (TPSA) is 18.5 Å². The van der Waals surface area contributed by atoms with Gasteiger partial charge in [0.1, 0.15) is 0 Å². The third-order valence-electron chi connectivity index (χ3n) is 3.66. The molecule has 0 spiro atoms. The second-order valence-electron chi connectivity index (χ2n) is 6.47. The van der Waals surface area contributed by atoms with Crippen molar-refractivity contribution in [2.75, 3.05) is 6.61 Å². The van der Waals surface area contributed by atoms with E-state index in [-0.39, 0.29) is 0 Å². The minimum Gasteiger partial charge on any atom is -0.353 e. The molecule has 1 aliphatic rings. The molecule has 1 heterocycles. The molecule has 1 atom stereocenters. The first-order chi connectivity index (χ1) is 10.2. The van der Waals surface area contributed by atoms with Crippen molar-refractivity contribution >= 4 is 13.3 Å². The van der Waals surface area contributed by atoms with Crippen molar-refractivity contribution in [2.45, 2.75) is 51.8 Å². The molecule has 0 bridgehead atoms. The van der Waals surface area contributed by atoms with E-state index in [1.54, 1.807) is 19.6 Å². The number of rotatable bonds is 4. The van der Waals surface area contributed by atoms with Crippen molar-refractivity contribution in [1.82, 2.24) is 0 Å². The summed E-state index contributed by atoms with van der Waals surface area (Å²) in [5.74, 6) is -5.35. The van der Waals surface area contributed by atoms with Crippen LogP contribution in [-0.4, -0.2) is 21.0 Å². The van der Waals surface area contributed by atoms with Crippen LogP contribution < -0.4 is 5.19 Å². The van der Waals surface area contributed by atoms with Crippen LogP contribution in [0.4, 0.5) is 17.6 Å². The number of hydrogen-bond acceptors (Lipinski definition) is 2. The quantitative estimate of drug-likeness (QED) is 0.473. The highest BCUT2D eigenvalue weighted by atomic mass is 28.3. The van der Waals surface area contributed by atoms with E-state index in [1.165, 1.54) is 0 Å². The molecule has 1 aromatic rings. The molecule has 0 N–H and O–H groups in total. The lowest BCUT2D eigenvalue weighted by molar-refractivity contribution is -0.169. The molecular weight excluding hydrogens is 316 g/mol. The highest BCUT2D eigenvalue weighted by Crippen LogP contribution is 2.23. The first-order valence-corrected chi connectivity index (χ1v) is 10.8. The van der Waals surface area contributed by atoms with Crippen molar-refractivity contribution in [2.24, 2.45) is 0 Å². The fourth-order valence-electron chi connectivity index (χ4n) is 2.48. The smallest absolute Gasteiger partial charge is 0.167 e. The fourth-order valence-corrected chi connectivity index (χ4v) is 4.02. The highest BCUT2D eigenvalue weighted by molar-refractivity contribution is 6.88. The first-order valence-electron chi connectivity index (χ1n) is 7.32. The normalized spacial score (nSPS) is 19.5. The molecule has 1 unspecified atom stereocenters. The second kappa shape index (κ2) is 6.68. The number of halogens is 4. The van der Waals surface area contributed by atoms with Gasteiger partial charge in [0.25, 0.3) is 0 Å². The molecule has 1 aromatic carbocycles. The summed E-state index contributed by atoms with van der Waals surface area (Å²) >= 11 is 0. The Labute approximate surface area is 128 Å². The van der Waals surface area contributed by atoms with Gasteiger partial charge in [-0.3, -0.25) is 0 Å². The van der Waals surface area contributed by atoms with E-state index < -0.39 is 55.0 Å². The fraction of sp³-hybridized carbons (Fsp3) is 0.600. The molecule has 2 nitrogen and oxygen atoms in total. The predicted molar refractivity (Wildman–Crippen MR) is 77.6 cm³/mol. The van der Waals surface area contributed by atoms with Gasteiger partial charge in [0.2, 0.25) is 0 Å². The van der Waals surface area contributed by atoms with E-state index >= 15 is 0 Å². The predicted octanol–water partition coefficient (Wildman–Crippen LogP) is 3.83. The van der Waals surface area contributed by atoms with Crippen LogP contribution in [-0.2, 0) is 16.1 Å². The zero-order valence-electron chi connectivity index (χ0n) is 12.9. The number of benzene rings is 1. The van der Waals surface area contributed by atoms with Crippen molar-refractivity contribution in [3.63, 3.8) is 0 Å². The molecule has 1 aliphatic heterocycles. The van der Waals surface area contributed by atoms with Gasteiger partial charge in [-0.25, -0.2) is 17.6 Å². The maximum atomic E-state index is 14.1. The lowest BCUT2D eigenvalue weighted by Gasteiger charge is -2.24. The Morgan fingerprint density at radius 3 is 2.05 bits per heavy atom. The molecule has 0 amide bonds. The lowest BCUT2D eigenvalue weighted by Crippen LogP contribution is -2.44. The minimum atomic E-state index is -2.56. The molecule has 22 heavy (non-hydrogen) atoms. The van der Waals surface area contributed by atoms with E-state index in [4.69, 9.17) is 9.47 Å². The van der Waals surface area contributed by atoms with Gasteiger partial charge in [0, 0.05) is 11.8 Å². The van der Waals surface area contributed by atoms with Gasteiger partial charge in [0.05, 0.1) is 20.2 Å². The Hall–Kier alpha value is -0.923. The molecule has 0 aromatic heterocycles. The Morgan fingerprint density at radius 1 is 1.00 bits per heavy atom. The third kappa shape index (κ3) is 3.52. The van der Waals surface area contributed by atoms with Crippen LogP contribution >= 0.6 is 0 Å². The van der Waals surface area contributed by atoms with E-state index in [9.17, 15) is 17.6 Å². The van der Waals surface area contributed by atoms with Gasteiger partial charge in [0.15, 0.2) is 29.6 Å².